The molecule has 6 rings (SSSR count). The zero-order chi connectivity index (χ0) is 34.7. The molecule has 47 heavy (non-hydrogen) atoms. The van der Waals surface area contributed by atoms with Crippen LogP contribution in [0.3, 0.4) is 0 Å². The summed E-state index contributed by atoms with van der Waals surface area (Å²) in [5.74, 6) is -0.931. The van der Waals surface area contributed by atoms with Crippen LogP contribution in [0.5, 0.6) is 0 Å². The molecule has 268 valence electrons. The van der Waals surface area contributed by atoms with Crippen molar-refractivity contribution >= 4 is 5.97 Å². The molecule has 0 aromatic carbocycles. The first-order chi connectivity index (χ1) is 21.8. The summed E-state index contributed by atoms with van der Waals surface area (Å²) in [5.41, 5.74) is -2.11. The molecular formula is C36H58O11. The molecule has 5 aliphatic carbocycles. The number of carboxylic acids is 1. The van der Waals surface area contributed by atoms with Gasteiger partial charge in [0.2, 0.25) is 0 Å². The summed E-state index contributed by atoms with van der Waals surface area (Å²) < 4.78 is 12.0. The standard InChI is InChI=1S/C36H58O11/c1-31(2)13-19-18-7-8-23-32(3)14-20(39)28(43)33(4,17-38)22(32)9-10-35(23,6)34(18,5)11-12-36(19,30(44)45)15-24(31)47-29-27(42)26(41)25(40)21(16-37)46-29/h7,19-29,37-43H,8-17H2,1-6H3,(H,44,45). The van der Waals surface area contributed by atoms with E-state index in [1.165, 1.54) is 5.57 Å². The maximum absolute atomic E-state index is 13.4. The SMILES string of the molecule is CC1(C)CC2C3=CCC4C5(C)CC(O)C(O)C(C)(CO)C5CCC4(C)C3(C)CCC2(C(=O)O)CC1OC1OC(CO)C(O)C(O)C1O. The Morgan fingerprint density at radius 1 is 0.894 bits per heavy atom. The van der Waals surface area contributed by atoms with E-state index in [2.05, 4.69) is 26.8 Å². The zero-order valence-corrected chi connectivity index (χ0v) is 28.8. The molecule has 1 aliphatic heterocycles. The van der Waals surface area contributed by atoms with Crippen molar-refractivity contribution in [3.63, 3.8) is 0 Å². The van der Waals surface area contributed by atoms with Crippen LogP contribution in [0.15, 0.2) is 11.6 Å². The van der Waals surface area contributed by atoms with Gasteiger partial charge in [-0.25, -0.2) is 0 Å². The van der Waals surface area contributed by atoms with Crippen LogP contribution >= 0.6 is 0 Å². The van der Waals surface area contributed by atoms with E-state index >= 15 is 0 Å². The first-order valence-electron chi connectivity index (χ1n) is 17.6. The third-order valence-corrected chi connectivity index (χ3v) is 15.4. The summed E-state index contributed by atoms with van der Waals surface area (Å²) in [5, 5.41) is 84.8. The highest BCUT2D eigenvalue weighted by molar-refractivity contribution is 5.77. The maximum Gasteiger partial charge on any atom is 0.310 e. The number of hydrogen-bond acceptors (Lipinski definition) is 10. The van der Waals surface area contributed by atoms with Gasteiger partial charge < -0.3 is 50.3 Å². The van der Waals surface area contributed by atoms with Crippen LogP contribution in [-0.4, -0.2) is 109 Å². The average molecular weight is 667 g/mol. The number of aliphatic hydroxyl groups is 7. The van der Waals surface area contributed by atoms with Crippen molar-refractivity contribution in [2.75, 3.05) is 13.2 Å². The molecule has 0 aromatic heterocycles. The van der Waals surface area contributed by atoms with E-state index in [-0.39, 0.29) is 47.0 Å². The Hall–Kier alpha value is -1.15. The van der Waals surface area contributed by atoms with Crippen molar-refractivity contribution in [1.82, 2.24) is 0 Å². The molecule has 5 fully saturated rings. The van der Waals surface area contributed by atoms with E-state index < -0.39 is 77.8 Å². The molecule has 6 aliphatic rings. The molecule has 8 N–H and O–H groups in total. The van der Waals surface area contributed by atoms with Gasteiger partial charge in [0.15, 0.2) is 6.29 Å². The minimum absolute atomic E-state index is 0.0330. The van der Waals surface area contributed by atoms with E-state index in [9.17, 15) is 45.6 Å². The monoisotopic (exact) mass is 666 g/mol. The fourth-order valence-electron chi connectivity index (χ4n) is 12.3. The Morgan fingerprint density at radius 3 is 2.19 bits per heavy atom. The molecule has 16 unspecified atom stereocenters. The van der Waals surface area contributed by atoms with Crippen LogP contribution in [0, 0.1) is 50.2 Å². The molecule has 0 aromatic rings. The first kappa shape index (κ1) is 35.7. The highest BCUT2D eigenvalue weighted by Crippen LogP contribution is 2.76. The third kappa shape index (κ3) is 4.74. The topological polar surface area (TPSA) is 197 Å². The minimum atomic E-state index is -1.59. The van der Waals surface area contributed by atoms with E-state index in [0.717, 1.165) is 19.3 Å². The number of allylic oxidation sites excluding steroid dienone is 2. The first-order valence-corrected chi connectivity index (χ1v) is 17.6. The number of carbonyl (C=O) groups is 1. The molecule has 1 heterocycles. The van der Waals surface area contributed by atoms with Gasteiger partial charge in [-0.15, -0.1) is 0 Å². The highest BCUT2D eigenvalue weighted by atomic mass is 16.7. The van der Waals surface area contributed by atoms with Gasteiger partial charge in [0.25, 0.3) is 0 Å². The normalized spacial score (nSPS) is 55.5. The van der Waals surface area contributed by atoms with Crippen molar-refractivity contribution in [2.24, 2.45) is 50.2 Å². The second-order valence-corrected chi connectivity index (χ2v) is 17.9. The van der Waals surface area contributed by atoms with Crippen molar-refractivity contribution in [3.05, 3.63) is 11.6 Å². The second kappa shape index (κ2) is 11.4. The molecule has 11 heteroatoms. The van der Waals surface area contributed by atoms with Gasteiger partial charge in [-0.05, 0) is 90.8 Å². The van der Waals surface area contributed by atoms with Gasteiger partial charge >= 0.3 is 5.97 Å². The number of carboxylic acid groups (broad SMARTS) is 1. The van der Waals surface area contributed by atoms with Crippen LogP contribution < -0.4 is 0 Å². The number of rotatable bonds is 5. The smallest absolute Gasteiger partial charge is 0.310 e. The molecule has 0 radical (unpaired) electrons. The quantitative estimate of drug-likeness (QED) is 0.158. The zero-order valence-electron chi connectivity index (χ0n) is 28.8. The minimum Gasteiger partial charge on any atom is -0.481 e. The largest absolute Gasteiger partial charge is 0.481 e. The fourth-order valence-corrected chi connectivity index (χ4v) is 12.3. The van der Waals surface area contributed by atoms with E-state index in [1.807, 2.05) is 20.8 Å². The van der Waals surface area contributed by atoms with Crippen LogP contribution in [0.4, 0.5) is 0 Å². The van der Waals surface area contributed by atoms with Gasteiger partial charge in [0.05, 0.1) is 36.9 Å². The lowest BCUT2D eigenvalue weighted by molar-refractivity contribution is -0.325. The Bertz CT molecular complexity index is 1270. The Kier molecular flexibility index (Phi) is 8.68. The lowest BCUT2D eigenvalue weighted by Crippen LogP contribution is -2.68. The summed E-state index contributed by atoms with van der Waals surface area (Å²) in [6, 6.07) is 0. The Balaban J connectivity index is 1.34. The Labute approximate surface area is 278 Å². The van der Waals surface area contributed by atoms with E-state index in [4.69, 9.17) is 9.47 Å². The predicted molar refractivity (Wildman–Crippen MR) is 170 cm³/mol. The van der Waals surface area contributed by atoms with Crippen LogP contribution in [0.2, 0.25) is 0 Å². The Morgan fingerprint density at radius 2 is 1.57 bits per heavy atom. The summed E-state index contributed by atoms with van der Waals surface area (Å²) in [7, 11) is 0. The average Bonchev–Trinajstić information content (AvgIpc) is 3.00. The summed E-state index contributed by atoms with van der Waals surface area (Å²) in [6.45, 7) is 12.1. The molecule has 0 bridgehead atoms. The number of aliphatic carboxylic acids is 1. The molecule has 0 spiro atoms. The van der Waals surface area contributed by atoms with Gasteiger partial charge in [0.1, 0.15) is 24.4 Å². The number of aliphatic hydroxyl groups excluding tert-OH is 7. The van der Waals surface area contributed by atoms with Gasteiger partial charge in [-0.2, -0.15) is 0 Å². The van der Waals surface area contributed by atoms with Crippen molar-refractivity contribution in [1.29, 1.82) is 0 Å². The van der Waals surface area contributed by atoms with Crippen molar-refractivity contribution in [3.8, 4) is 0 Å². The van der Waals surface area contributed by atoms with E-state index in [1.54, 1.807) is 0 Å². The molecule has 4 saturated carbocycles. The molecule has 11 nitrogen and oxygen atoms in total. The molecule has 16 atom stereocenters. The van der Waals surface area contributed by atoms with Crippen molar-refractivity contribution in [2.45, 2.75) is 142 Å². The van der Waals surface area contributed by atoms with Gasteiger partial charge in [0, 0.05) is 5.41 Å². The van der Waals surface area contributed by atoms with Crippen LogP contribution in [0.25, 0.3) is 0 Å². The summed E-state index contributed by atoms with van der Waals surface area (Å²) in [6.07, 6.45) is -2.73. The van der Waals surface area contributed by atoms with Gasteiger partial charge in [-0.3, -0.25) is 4.79 Å². The number of hydrogen-bond donors (Lipinski definition) is 8. The summed E-state index contributed by atoms with van der Waals surface area (Å²) in [4.78, 5) is 13.4. The lowest BCUT2D eigenvalue weighted by atomic mass is 9.33. The molecular weight excluding hydrogens is 608 g/mol. The number of ether oxygens (including phenoxy) is 2. The summed E-state index contributed by atoms with van der Waals surface area (Å²) >= 11 is 0. The lowest BCUT2D eigenvalue weighted by Gasteiger charge is -2.71. The maximum atomic E-state index is 13.4. The molecule has 0 amide bonds. The fraction of sp³-hybridized carbons (Fsp3) is 0.917. The van der Waals surface area contributed by atoms with Crippen LogP contribution in [0.1, 0.15) is 92.9 Å². The van der Waals surface area contributed by atoms with Crippen molar-refractivity contribution < 1.29 is 55.1 Å². The predicted octanol–water partition coefficient (Wildman–Crippen LogP) is 1.97. The third-order valence-electron chi connectivity index (χ3n) is 15.4. The second-order valence-electron chi connectivity index (χ2n) is 17.9. The van der Waals surface area contributed by atoms with Crippen LogP contribution in [-0.2, 0) is 14.3 Å². The highest BCUT2D eigenvalue weighted by Gasteiger charge is 2.71. The molecule has 1 saturated heterocycles. The van der Waals surface area contributed by atoms with E-state index in [0.29, 0.717) is 25.7 Å². The number of fused-ring (bicyclic) bond motifs is 7. The van der Waals surface area contributed by atoms with Gasteiger partial charge in [-0.1, -0.05) is 53.2 Å².